The van der Waals surface area contributed by atoms with Crippen molar-refractivity contribution in [1.29, 1.82) is 0 Å². The van der Waals surface area contributed by atoms with Crippen LogP contribution in [0, 0.1) is 28.6 Å². The summed E-state index contributed by atoms with van der Waals surface area (Å²) in [5.74, 6) is 2.71. The van der Waals surface area contributed by atoms with Crippen molar-refractivity contribution in [1.82, 2.24) is 9.97 Å². The number of fused-ring (bicyclic) bond motifs is 3. The lowest BCUT2D eigenvalue weighted by Gasteiger charge is -2.63. The predicted molar refractivity (Wildman–Crippen MR) is 103 cm³/mol. The van der Waals surface area contributed by atoms with Gasteiger partial charge in [-0.2, -0.15) is 0 Å². The van der Waals surface area contributed by atoms with Gasteiger partial charge in [-0.15, -0.1) is 0 Å². The van der Waals surface area contributed by atoms with Crippen LogP contribution >= 0.6 is 0 Å². The average Bonchev–Trinajstić information content (AvgIpc) is 2.65. The second kappa shape index (κ2) is 7.32. The Hall–Kier alpha value is -1.20. The summed E-state index contributed by atoms with van der Waals surface area (Å²) in [4.78, 5) is 8.14. The number of ether oxygens (including phenoxy) is 3. The van der Waals surface area contributed by atoms with Crippen molar-refractivity contribution < 1.29 is 14.2 Å². The van der Waals surface area contributed by atoms with E-state index in [9.17, 15) is 0 Å². The van der Waals surface area contributed by atoms with Crippen LogP contribution in [-0.4, -0.2) is 35.6 Å². The monoisotopic (exact) mass is 374 g/mol. The van der Waals surface area contributed by atoms with E-state index in [0.717, 1.165) is 32.0 Å². The van der Waals surface area contributed by atoms with Crippen LogP contribution in [-0.2, 0) is 9.47 Å². The van der Waals surface area contributed by atoms with Crippen molar-refractivity contribution in [2.24, 2.45) is 28.6 Å². The van der Waals surface area contributed by atoms with Gasteiger partial charge in [0, 0.05) is 17.7 Å². The molecule has 0 aromatic carbocycles. The molecule has 4 rings (SSSR count). The Bertz CT molecular complexity index is 642. The summed E-state index contributed by atoms with van der Waals surface area (Å²) in [5.41, 5.74) is 0.455. The van der Waals surface area contributed by atoms with Crippen molar-refractivity contribution in [3.63, 3.8) is 0 Å². The first-order valence-electron chi connectivity index (χ1n) is 10.6. The zero-order valence-electron chi connectivity index (χ0n) is 17.2. The van der Waals surface area contributed by atoms with Crippen molar-refractivity contribution in [2.75, 3.05) is 13.2 Å². The minimum Gasteiger partial charge on any atom is -0.478 e. The van der Waals surface area contributed by atoms with Gasteiger partial charge >= 0.3 is 0 Å². The molecule has 5 nitrogen and oxygen atoms in total. The number of nitrogens with zero attached hydrogens (tertiary/aromatic N) is 2. The second-order valence-corrected chi connectivity index (χ2v) is 9.45. The Morgan fingerprint density at radius 3 is 2.81 bits per heavy atom. The van der Waals surface area contributed by atoms with Crippen LogP contribution in [0.15, 0.2) is 18.6 Å². The van der Waals surface area contributed by atoms with Gasteiger partial charge < -0.3 is 14.2 Å². The molecule has 2 unspecified atom stereocenters. The zero-order chi connectivity index (χ0) is 19.1. The molecule has 2 saturated carbocycles. The van der Waals surface area contributed by atoms with Crippen molar-refractivity contribution in [2.45, 2.75) is 72.2 Å². The third kappa shape index (κ3) is 3.38. The zero-order valence-corrected chi connectivity index (χ0v) is 17.2. The average molecular weight is 375 g/mol. The predicted octanol–water partition coefficient (Wildman–Crippen LogP) is 4.48. The van der Waals surface area contributed by atoms with E-state index >= 15 is 0 Å². The maximum absolute atomic E-state index is 6.23. The van der Waals surface area contributed by atoms with Crippen LogP contribution in [0.5, 0.6) is 5.88 Å². The Labute approximate surface area is 163 Å². The van der Waals surface area contributed by atoms with E-state index in [1.807, 2.05) is 13.0 Å². The Balaban J connectivity index is 1.49. The van der Waals surface area contributed by atoms with Crippen LogP contribution in [0.3, 0.4) is 0 Å². The van der Waals surface area contributed by atoms with E-state index in [0.29, 0.717) is 29.2 Å². The minimum absolute atomic E-state index is 0.0630. The highest BCUT2D eigenvalue weighted by Crippen LogP contribution is 2.63. The first kappa shape index (κ1) is 19.1. The highest BCUT2D eigenvalue weighted by molar-refractivity contribution is 5.09. The first-order chi connectivity index (χ1) is 12.9. The molecule has 27 heavy (non-hydrogen) atoms. The highest BCUT2D eigenvalue weighted by Gasteiger charge is 2.60. The third-order valence-electron chi connectivity index (χ3n) is 7.94. The molecule has 1 saturated heterocycles. The van der Waals surface area contributed by atoms with Crippen molar-refractivity contribution in [3.05, 3.63) is 18.6 Å². The van der Waals surface area contributed by atoms with Gasteiger partial charge in [-0.3, -0.25) is 0 Å². The first-order valence-corrected chi connectivity index (χ1v) is 10.6. The van der Waals surface area contributed by atoms with Gasteiger partial charge in [0.05, 0.1) is 19.3 Å². The lowest BCUT2D eigenvalue weighted by molar-refractivity contribution is -0.301. The summed E-state index contributed by atoms with van der Waals surface area (Å²) in [6, 6.07) is 1.83. The summed E-state index contributed by atoms with van der Waals surface area (Å²) in [6.45, 7) is 11.0. The standard InChI is InChI=1S/C22H34N2O3/c1-15-5-6-18-21(3,10-7-19-22(18,4)13-26-16(2)27-19)17(15)9-12-25-20-8-11-23-14-24-20/h8,11,14-19H,5-7,9-10,12-13H2,1-4H3/t15?,16-,17-,18?,19-,21+,22+/m1/s1. The van der Waals surface area contributed by atoms with Gasteiger partial charge in [0.15, 0.2) is 6.29 Å². The highest BCUT2D eigenvalue weighted by atomic mass is 16.7. The molecular formula is C22H34N2O3. The van der Waals surface area contributed by atoms with E-state index < -0.39 is 0 Å². The molecule has 2 aliphatic carbocycles. The van der Waals surface area contributed by atoms with E-state index in [1.165, 1.54) is 19.3 Å². The molecular weight excluding hydrogens is 340 g/mol. The molecule has 150 valence electrons. The Morgan fingerprint density at radius 2 is 2.04 bits per heavy atom. The molecule has 7 atom stereocenters. The van der Waals surface area contributed by atoms with E-state index in [2.05, 4.69) is 30.7 Å². The third-order valence-corrected chi connectivity index (χ3v) is 7.94. The summed E-state index contributed by atoms with van der Waals surface area (Å²) < 4.78 is 18.1. The Kier molecular flexibility index (Phi) is 5.19. The van der Waals surface area contributed by atoms with E-state index in [1.54, 1.807) is 12.5 Å². The van der Waals surface area contributed by atoms with Gasteiger partial charge in [0.2, 0.25) is 5.88 Å². The lowest BCUT2D eigenvalue weighted by atomic mass is 9.45. The molecule has 0 spiro atoms. The summed E-state index contributed by atoms with van der Waals surface area (Å²) in [7, 11) is 0. The molecule has 3 fully saturated rings. The van der Waals surface area contributed by atoms with Gasteiger partial charge in [0.25, 0.3) is 0 Å². The van der Waals surface area contributed by atoms with Crippen LogP contribution in [0.25, 0.3) is 0 Å². The maximum Gasteiger partial charge on any atom is 0.216 e. The fourth-order valence-electron chi connectivity index (χ4n) is 6.56. The van der Waals surface area contributed by atoms with Crippen molar-refractivity contribution >= 4 is 0 Å². The van der Waals surface area contributed by atoms with Crippen LogP contribution < -0.4 is 4.74 Å². The van der Waals surface area contributed by atoms with Gasteiger partial charge in [-0.1, -0.05) is 27.2 Å². The normalized spacial score (nSPS) is 44.2. The van der Waals surface area contributed by atoms with Crippen LogP contribution in [0.1, 0.15) is 59.8 Å². The second-order valence-electron chi connectivity index (χ2n) is 9.45. The summed E-state index contributed by atoms with van der Waals surface area (Å²) in [6.07, 6.45) is 9.59. The largest absolute Gasteiger partial charge is 0.478 e. The van der Waals surface area contributed by atoms with Gasteiger partial charge in [0.1, 0.15) is 6.33 Å². The van der Waals surface area contributed by atoms with Crippen LogP contribution in [0.2, 0.25) is 0 Å². The number of hydrogen-bond donors (Lipinski definition) is 0. The van der Waals surface area contributed by atoms with Crippen LogP contribution in [0.4, 0.5) is 0 Å². The molecule has 0 radical (unpaired) electrons. The molecule has 0 amide bonds. The van der Waals surface area contributed by atoms with E-state index in [4.69, 9.17) is 14.2 Å². The fraction of sp³-hybridized carbons (Fsp3) is 0.818. The maximum atomic E-state index is 6.23. The van der Waals surface area contributed by atoms with Gasteiger partial charge in [-0.25, -0.2) is 9.97 Å². The number of aromatic nitrogens is 2. The number of rotatable bonds is 4. The molecule has 5 heteroatoms. The molecule has 0 bridgehead atoms. The Morgan fingerprint density at radius 1 is 1.19 bits per heavy atom. The molecule has 2 heterocycles. The molecule has 3 aliphatic rings. The summed E-state index contributed by atoms with van der Waals surface area (Å²) >= 11 is 0. The minimum atomic E-state index is -0.0630. The van der Waals surface area contributed by atoms with Crippen molar-refractivity contribution in [3.8, 4) is 5.88 Å². The molecule has 1 aliphatic heterocycles. The van der Waals surface area contributed by atoms with E-state index in [-0.39, 0.29) is 11.7 Å². The number of hydrogen-bond acceptors (Lipinski definition) is 5. The SMILES string of the molecule is CC1CCC2[C@]3(C)CO[C@@H](C)O[C@@H]3CC[C@@]2(C)[C@@H]1CCOc1ccncn1. The topological polar surface area (TPSA) is 53.5 Å². The lowest BCUT2D eigenvalue weighted by Crippen LogP contribution is -2.61. The smallest absolute Gasteiger partial charge is 0.216 e. The fourth-order valence-corrected chi connectivity index (χ4v) is 6.56. The van der Waals surface area contributed by atoms with Gasteiger partial charge in [-0.05, 0) is 55.8 Å². The molecule has 1 aromatic rings. The quantitative estimate of drug-likeness (QED) is 0.778. The molecule has 1 aromatic heterocycles. The summed E-state index contributed by atoms with van der Waals surface area (Å²) in [5, 5.41) is 0. The molecule has 0 N–H and O–H groups in total.